The summed E-state index contributed by atoms with van der Waals surface area (Å²) >= 11 is 15.5. The standard InChI is InChI=1S/C46H45Cl2N2P.Ru/c1-31-26-33(3)44(34(4)27-31)49-24-25-50(45-35(5)28-32(2)29-36(45)6)46(49)40-22-23-41(43(48)42(40)47)51(38-18-12-8-13-19-38,39-20-14-9-15-21-39)30-37-16-10-7-11-17-37;/h7-23,26-30,42H,24-25H2,1-6H3;/q;+2. The molecule has 1 saturated heterocycles. The topological polar surface area (TPSA) is 6.48 Å². The summed E-state index contributed by atoms with van der Waals surface area (Å²) in [7, 11) is 0. The van der Waals surface area contributed by atoms with Crippen molar-refractivity contribution in [3.63, 3.8) is 0 Å². The van der Waals surface area contributed by atoms with E-state index in [2.05, 4.69) is 185 Å². The van der Waals surface area contributed by atoms with Crippen LogP contribution in [0, 0.1) is 41.5 Å². The second-order valence-corrected chi connectivity index (χ2v) is 18.0. The molecule has 2 nitrogen and oxygen atoms in total. The van der Waals surface area contributed by atoms with E-state index in [9.17, 15) is 0 Å². The average Bonchev–Trinajstić information content (AvgIpc) is 3.52. The smallest absolute Gasteiger partial charge is 0.325 e. The van der Waals surface area contributed by atoms with Gasteiger partial charge in [0, 0.05) is 40.4 Å². The zero-order valence-corrected chi connectivity index (χ0v) is 34.8. The van der Waals surface area contributed by atoms with Crippen molar-refractivity contribution < 1.29 is 19.5 Å². The van der Waals surface area contributed by atoms with Crippen molar-refractivity contribution in [1.29, 1.82) is 0 Å². The monoisotopic (exact) mass is 828 g/mol. The number of hydrogen-bond acceptors (Lipinski definition) is 2. The van der Waals surface area contributed by atoms with E-state index in [1.54, 1.807) is 0 Å². The number of benzene rings is 5. The molecule has 5 aromatic rings. The number of aryl methyl sites for hydroxylation is 6. The van der Waals surface area contributed by atoms with Crippen LogP contribution in [0.1, 0.15) is 38.9 Å². The Balaban J connectivity index is 0.00000464. The van der Waals surface area contributed by atoms with Gasteiger partial charge in [0.2, 0.25) is 0 Å². The molecule has 1 unspecified atom stereocenters. The molecule has 0 radical (unpaired) electrons. The molecule has 0 spiro atoms. The van der Waals surface area contributed by atoms with Crippen molar-refractivity contribution in [2.45, 2.75) is 46.9 Å². The molecule has 1 heterocycles. The molecule has 0 aromatic heterocycles. The number of anilines is 2. The van der Waals surface area contributed by atoms with Crippen LogP contribution in [-0.4, -0.2) is 24.3 Å². The predicted molar refractivity (Wildman–Crippen MR) is 225 cm³/mol. The van der Waals surface area contributed by atoms with Gasteiger partial charge in [0.25, 0.3) is 0 Å². The van der Waals surface area contributed by atoms with Gasteiger partial charge in [-0.2, -0.15) is 0 Å². The summed E-state index contributed by atoms with van der Waals surface area (Å²) in [5.41, 5.74) is 12.2. The van der Waals surface area contributed by atoms with Crippen LogP contribution in [0.3, 0.4) is 0 Å². The molecular formula is C46H45Cl2N2PRu+2. The van der Waals surface area contributed by atoms with E-state index in [0.29, 0.717) is 5.03 Å². The minimum Gasteiger partial charge on any atom is -0.325 e. The summed E-state index contributed by atoms with van der Waals surface area (Å²) in [6, 6.07) is 41.4. The molecule has 0 amide bonds. The maximum Gasteiger partial charge on any atom is 2.00 e. The Labute approximate surface area is 333 Å². The molecular weight excluding hydrogens is 783 g/mol. The quantitative estimate of drug-likeness (QED) is 0.0956. The number of nitrogens with zero attached hydrogens (tertiary/aromatic N) is 2. The molecule has 5 aromatic carbocycles. The third kappa shape index (κ3) is 6.95. The number of halogens is 2. The molecule has 0 N–H and O–H groups in total. The minimum atomic E-state index is -2.44. The SMILES string of the molecule is Cc1cc(C)c(N2CCN(c3c(C)cc(C)cc3C)C2=C2C=CC(P(=Cc3ccccc3)(c3ccccc3)c3ccccc3)=C(Cl)C2Cl)c(C)c1.[Ru+2]. The van der Waals surface area contributed by atoms with E-state index in [-0.39, 0.29) is 19.5 Å². The van der Waals surface area contributed by atoms with Gasteiger partial charge in [0.15, 0.2) is 0 Å². The van der Waals surface area contributed by atoms with Crippen molar-refractivity contribution in [3.05, 3.63) is 188 Å². The third-order valence-electron chi connectivity index (χ3n) is 10.1. The summed E-state index contributed by atoms with van der Waals surface area (Å²) in [5.74, 6) is 3.55. The molecule has 264 valence electrons. The van der Waals surface area contributed by atoms with E-state index in [4.69, 9.17) is 23.2 Å². The first-order chi connectivity index (χ1) is 24.6. The van der Waals surface area contributed by atoms with E-state index in [0.717, 1.165) is 35.4 Å². The first kappa shape index (κ1) is 38.2. The van der Waals surface area contributed by atoms with E-state index < -0.39 is 12.3 Å². The molecule has 0 bridgehead atoms. The van der Waals surface area contributed by atoms with Gasteiger partial charge >= 0.3 is 19.5 Å². The second-order valence-electron chi connectivity index (χ2n) is 13.9. The molecule has 1 fully saturated rings. The van der Waals surface area contributed by atoms with Gasteiger partial charge in [-0.05, 0) is 92.7 Å². The van der Waals surface area contributed by atoms with Crippen LogP contribution in [0.25, 0.3) is 0 Å². The first-order valence-electron chi connectivity index (χ1n) is 17.7. The van der Waals surface area contributed by atoms with Gasteiger partial charge < -0.3 is 9.80 Å². The zero-order chi connectivity index (χ0) is 35.9. The van der Waals surface area contributed by atoms with E-state index >= 15 is 0 Å². The fourth-order valence-corrected chi connectivity index (χ4v) is 13.2. The largest absolute Gasteiger partial charge is 2.00 e. The van der Waals surface area contributed by atoms with Crippen molar-refractivity contribution in [2.75, 3.05) is 22.9 Å². The van der Waals surface area contributed by atoms with Gasteiger partial charge in [0.1, 0.15) is 5.82 Å². The molecule has 1 atom stereocenters. The van der Waals surface area contributed by atoms with E-state index in [1.807, 2.05) is 0 Å². The maximum atomic E-state index is 7.76. The average molecular weight is 829 g/mol. The van der Waals surface area contributed by atoms with E-state index in [1.165, 1.54) is 55.4 Å². The van der Waals surface area contributed by atoms with Gasteiger partial charge in [-0.15, -0.1) is 11.6 Å². The second kappa shape index (κ2) is 15.8. The fourth-order valence-electron chi connectivity index (χ4n) is 8.31. The normalized spacial score (nSPS) is 16.0. The zero-order valence-electron chi connectivity index (χ0n) is 30.6. The van der Waals surface area contributed by atoms with Crippen LogP contribution in [0.4, 0.5) is 11.4 Å². The molecule has 2 aliphatic rings. The van der Waals surface area contributed by atoms with Gasteiger partial charge in [0.05, 0.1) is 5.38 Å². The summed E-state index contributed by atoms with van der Waals surface area (Å²) in [5, 5.41) is 3.67. The minimum absolute atomic E-state index is 0. The number of allylic oxidation sites excluding steroid dienone is 5. The maximum absolute atomic E-state index is 7.76. The molecule has 1 aliphatic heterocycles. The molecule has 1 aliphatic carbocycles. The summed E-state index contributed by atoms with van der Waals surface area (Å²) < 4.78 is 0. The Bertz CT molecular complexity index is 2100. The molecule has 7 rings (SSSR count). The van der Waals surface area contributed by atoms with Crippen molar-refractivity contribution >= 4 is 57.9 Å². The van der Waals surface area contributed by atoms with Gasteiger partial charge in [-0.25, -0.2) is 0 Å². The number of hydrogen-bond donors (Lipinski definition) is 0. The Morgan fingerprint density at radius 3 is 1.42 bits per heavy atom. The molecule has 52 heavy (non-hydrogen) atoms. The summed E-state index contributed by atoms with van der Waals surface area (Å²) in [6.45, 7) is 12.5. The van der Waals surface area contributed by atoms with Crippen molar-refractivity contribution in [2.24, 2.45) is 0 Å². The fraction of sp³-hybridized carbons (Fsp3) is 0.196. The van der Waals surface area contributed by atoms with Crippen LogP contribution < -0.4 is 20.4 Å². The van der Waals surface area contributed by atoms with Crippen molar-refractivity contribution in [1.82, 2.24) is 0 Å². The summed E-state index contributed by atoms with van der Waals surface area (Å²) in [4.78, 5) is 4.97. The van der Waals surface area contributed by atoms with Crippen LogP contribution >= 0.6 is 30.1 Å². The summed E-state index contributed by atoms with van der Waals surface area (Å²) in [6.07, 6.45) is 4.53. The van der Waals surface area contributed by atoms with Gasteiger partial charge in [-0.1, -0.05) is 150 Å². The Morgan fingerprint density at radius 2 is 1.00 bits per heavy atom. The van der Waals surface area contributed by atoms with Crippen LogP contribution in [0.5, 0.6) is 0 Å². The Morgan fingerprint density at radius 1 is 0.596 bits per heavy atom. The Hall–Kier alpha value is -3.58. The molecule has 0 saturated carbocycles. The number of rotatable bonds is 6. The number of alkyl halides is 1. The van der Waals surface area contributed by atoms with Crippen LogP contribution in [-0.2, 0) is 19.5 Å². The van der Waals surface area contributed by atoms with Crippen LogP contribution in [0.15, 0.2) is 149 Å². The third-order valence-corrected chi connectivity index (χ3v) is 15.3. The van der Waals surface area contributed by atoms with Gasteiger partial charge in [-0.3, -0.25) is 0 Å². The first-order valence-corrected chi connectivity index (χ1v) is 20.4. The van der Waals surface area contributed by atoms with Crippen molar-refractivity contribution in [3.8, 4) is 0 Å². The Kier molecular flexibility index (Phi) is 11.6. The molecule has 6 heteroatoms. The van der Waals surface area contributed by atoms with Crippen LogP contribution in [0.2, 0.25) is 0 Å². The predicted octanol–water partition coefficient (Wildman–Crippen LogP) is 11.2.